The average molecular weight is 287 g/mol. The van der Waals surface area contributed by atoms with Crippen LogP contribution in [0.2, 0.25) is 0 Å². The van der Waals surface area contributed by atoms with Gasteiger partial charge in [-0.2, -0.15) is 0 Å². The van der Waals surface area contributed by atoms with E-state index in [0.29, 0.717) is 17.0 Å². The zero-order valence-corrected chi connectivity index (χ0v) is 11.6. The minimum Gasteiger partial charge on any atom is -0.353 e. The number of aromatic nitrogens is 2. The zero-order valence-electron chi connectivity index (χ0n) is 9.93. The van der Waals surface area contributed by atoms with Crippen LogP contribution in [0.15, 0.2) is 27.3 Å². The van der Waals surface area contributed by atoms with Crippen LogP contribution >= 0.6 is 11.3 Å². The fourth-order valence-electron chi connectivity index (χ4n) is 1.56. The first kappa shape index (κ1) is 13.1. The number of hydrogen-bond acceptors (Lipinski definition) is 4. The van der Waals surface area contributed by atoms with E-state index < -0.39 is 10.0 Å². The molecule has 0 unspecified atom stereocenters. The number of hydrogen-bond donors (Lipinski definition) is 2. The highest BCUT2D eigenvalue weighted by Gasteiger charge is 2.20. The average Bonchev–Trinajstić information content (AvgIpc) is 2.82. The van der Waals surface area contributed by atoms with E-state index in [1.807, 2.05) is 29.9 Å². The van der Waals surface area contributed by atoms with Gasteiger partial charge in [-0.3, -0.25) is 4.79 Å². The molecule has 2 aromatic heterocycles. The van der Waals surface area contributed by atoms with Crippen molar-refractivity contribution in [2.75, 3.05) is 0 Å². The number of rotatable bonds is 4. The molecule has 2 rings (SSSR count). The van der Waals surface area contributed by atoms with Gasteiger partial charge in [0.05, 0.1) is 6.54 Å². The maximum Gasteiger partial charge on any atom is 0.305 e. The number of nitrogens with one attached hydrogen (secondary N) is 2. The molecule has 0 spiro atoms. The van der Waals surface area contributed by atoms with Crippen LogP contribution in [0.3, 0.4) is 0 Å². The summed E-state index contributed by atoms with van der Waals surface area (Å²) in [7, 11) is -1.80. The molecule has 0 aliphatic heterocycles. The van der Waals surface area contributed by atoms with E-state index in [0.717, 1.165) is 5.69 Å². The maximum absolute atomic E-state index is 12.0. The fourth-order valence-corrected chi connectivity index (χ4v) is 3.90. The molecule has 0 radical (unpaired) electrons. The Morgan fingerprint density at radius 3 is 2.72 bits per heavy atom. The van der Waals surface area contributed by atoms with Gasteiger partial charge in [0.1, 0.15) is 0 Å². The van der Waals surface area contributed by atoms with Crippen molar-refractivity contribution >= 4 is 21.4 Å². The summed E-state index contributed by atoms with van der Waals surface area (Å²) >= 11 is 0.694. The van der Waals surface area contributed by atoms with E-state index in [2.05, 4.69) is 9.71 Å². The molecule has 6 nitrogen and oxygen atoms in total. The lowest BCUT2D eigenvalue weighted by molar-refractivity contribution is 0.580. The van der Waals surface area contributed by atoms with Gasteiger partial charge in [-0.15, -0.1) is 0 Å². The molecule has 0 amide bonds. The van der Waals surface area contributed by atoms with Crippen molar-refractivity contribution in [1.29, 1.82) is 0 Å². The van der Waals surface area contributed by atoms with Gasteiger partial charge < -0.3 is 9.55 Å². The lowest BCUT2D eigenvalue weighted by Gasteiger charge is -2.06. The monoisotopic (exact) mass is 287 g/mol. The van der Waals surface area contributed by atoms with Crippen molar-refractivity contribution in [2.24, 2.45) is 7.05 Å². The van der Waals surface area contributed by atoms with Crippen LogP contribution in [0.1, 0.15) is 11.4 Å². The normalized spacial score (nSPS) is 11.9. The second-order valence-electron chi connectivity index (χ2n) is 3.86. The number of aryl methyl sites for hydroxylation is 2. The Balaban J connectivity index is 2.21. The first-order valence-electron chi connectivity index (χ1n) is 5.20. The zero-order chi connectivity index (χ0) is 13.3. The molecule has 0 atom stereocenters. The molecule has 0 bridgehead atoms. The Kier molecular flexibility index (Phi) is 3.42. The molecule has 2 aromatic rings. The van der Waals surface area contributed by atoms with Gasteiger partial charge >= 0.3 is 4.87 Å². The number of H-pyrrole nitrogens is 1. The summed E-state index contributed by atoms with van der Waals surface area (Å²) in [6.07, 6.45) is 1.84. The summed E-state index contributed by atoms with van der Waals surface area (Å²) in [6, 6.07) is 3.67. The highest BCUT2D eigenvalue weighted by molar-refractivity contribution is 7.91. The minimum atomic E-state index is -3.64. The SMILES string of the molecule is Cc1[nH]c(=O)sc1S(=O)(=O)NCc1cccn1C. The summed E-state index contributed by atoms with van der Waals surface area (Å²) in [4.78, 5) is 13.2. The van der Waals surface area contributed by atoms with Crippen molar-refractivity contribution in [1.82, 2.24) is 14.3 Å². The summed E-state index contributed by atoms with van der Waals surface area (Å²) in [5.41, 5.74) is 1.21. The van der Waals surface area contributed by atoms with Crippen LogP contribution in [-0.2, 0) is 23.6 Å². The molecule has 18 heavy (non-hydrogen) atoms. The van der Waals surface area contributed by atoms with Gasteiger partial charge in [-0.25, -0.2) is 13.1 Å². The summed E-state index contributed by atoms with van der Waals surface area (Å²) in [5, 5.41) is 0. The van der Waals surface area contributed by atoms with Crippen molar-refractivity contribution < 1.29 is 8.42 Å². The predicted molar refractivity (Wildman–Crippen MR) is 69.1 cm³/mol. The summed E-state index contributed by atoms with van der Waals surface area (Å²) in [6.45, 7) is 1.76. The summed E-state index contributed by atoms with van der Waals surface area (Å²) < 4.78 is 28.4. The molecule has 98 valence electrons. The second kappa shape index (κ2) is 4.71. The second-order valence-corrected chi connectivity index (χ2v) is 6.81. The van der Waals surface area contributed by atoms with E-state index in [1.54, 1.807) is 6.92 Å². The van der Waals surface area contributed by atoms with Gasteiger partial charge in [0, 0.05) is 24.6 Å². The molecular weight excluding hydrogens is 274 g/mol. The van der Waals surface area contributed by atoms with E-state index in [9.17, 15) is 13.2 Å². The lowest BCUT2D eigenvalue weighted by atomic mass is 10.4. The Hall–Kier alpha value is -1.38. The third-order valence-corrected chi connectivity index (χ3v) is 5.53. The highest BCUT2D eigenvalue weighted by Crippen LogP contribution is 2.15. The van der Waals surface area contributed by atoms with Crippen molar-refractivity contribution in [3.05, 3.63) is 39.4 Å². The predicted octanol–water partition coefficient (Wildman–Crippen LogP) is 0.562. The smallest absolute Gasteiger partial charge is 0.305 e. The van der Waals surface area contributed by atoms with E-state index in [4.69, 9.17) is 0 Å². The molecule has 2 heterocycles. The lowest BCUT2D eigenvalue weighted by Crippen LogP contribution is -2.24. The Morgan fingerprint density at radius 1 is 1.50 bits per heavy atom. The van der Waals surface area contributed by atoms with Crippen LogP contribution in [0.4, 0.5) is 0 Å². The van der Waals surface area contributed by atoms with Gasteiger partial charge in [0.25, 0.3) is 10.0 Å². The van der Waals surface area contributed by atoms with Gasteiger partial charge in [0.15, 0.2) is 4.21 Å². The number of sulfonamides is 1. The Morgan fingerprint density at radius 2 is 2.22 bits per heavy atom. The maximum atomic E-state index is 12.0. The van der Waals surface area contributed by atoms with Crippen LogP contribution in [-0.4, -0.2) is 18.0 Å². The van der Waals surface area contributed by atoms with Gasteiger partial charge in [-0.1, -0.05) is 11.3 Å². The van der Waals surface area contributed by atoms with Crippen LogP contribution in [0, 0.1) is 6.92 Å². The first-order valence-corrected chi connectivity index (χ1v) is 7.50. The molecule has 0 aliphatic rings. The van der Waals surface area contributed by atoms with Crippen LogP contribution in [0.25, 0.3) is 0 Å². The van der Waals surface area contributed by atoms with Gasteiger partial charge in [-0.05, 0) is 19.1 Å². The van der Waals surface area contributed by atoms with Crippen LogP contribution in [0.5, 0.6) is 0 Å². The van der Waals surface area contributed by atoms with E-state index in [-0.39, 0.29) is 15.6 Å². The topological polar surface area (TPSA) is 84.0 Å². The van der Waals surface area contributed by atoms with Crippen LogP contribution < -0.4 is 9.60 Å². The highest BCUT2D eigenvalue weighted by atomic mass is 32.2. The van der Waals surface area contributed by atoms with Crippen molar-refractivity contribution in [3.63, 3.8) is 0 Å². The molecule has 2 N–H and O–H groups in total. The Bertz CT molecular complexity index is 709. The molecule has 0 saturated carbocycles. The molecule has 0 saturated heterocycles. The van der Waals surface area contributed by atoms with E-state index in [1.165, 1.54) is 0 Å². The molecule has 8 heteroatoms. The first-order chi connectivity index (χ1) is 8.40. The third-order valence-electron chi connectivity index (χ3n) is 2.52. The molecule has 0 fully saturated rings. The molecule has 0 aromatic carbocycles. The van der Waals surface area contributed by atoms with Gasteiger partial charge in [0.2, 0.25) is 0 Å². The van der Waals surface area contributed by atoms with Crippen molar-refractivity contribution in [2.45, 2.75) is 17.7 Å². The third kappa shape index (κ3) is 2.55. The molecule has 0 aliphatic carbocycles. The fraction of sp³-hybridized carbons (Fsp3) is 0.300. The summed E-state index contributed by atoms with van der Waals surface area (Å²) in [5.74, 6) is 0. The quantitative estimate of drug-likeness (QED) is 0.862. The number of nitrogens with zero attached hydrogens (tertiary/aromatic N) is 1. The number of aromatic amines is 1. The van der Waals surface area contributed by atoms with Crippen molar-refractivity contribution in [3.8, 4) is 0 Å². The standard InChI is InChI=1S/C10H13N3O3S2/c1-7-9(17-10(14)12-7)18(15,16)11-6-8-4-3-5-13(8)2/h3-5,11H,6H2,1-2H3,(H,12,14). The number of thiazole rings is 1. The minimum absolute atomic E-state index is 0.0432. The Labute approximate surface area is 108 Å². The molecular formula is C10H13N3O3S2. The largest absolute Gasteiger partial charge is 0.353 e. The van der Waals surface area contributed by atoms with E-state index >= 15 is 0 Å².